The second-order valence-electron chi connectivity index (χ2n) is 8.12. The highest BCUT2D eigenvalue weighted by atomic mass is 32.2. The van der Waals surface area contributed by atoms with Crippen molar-refractivity contribution in [2.45, 2.75) is 33.1 Å². The Morgan fingerprint density at radius 1 is 1.24 bits per heavy atom. The van der Waals surface area contributed by atoms with Gasteiger partial charge >= 0.3 is 5.97 Å². The van der Waals surface area contributed by atoms with Gasteiger partial charge in [-0.3, -0.25) is 4.79 Å². The Morgan fingerprint density at radius 2 is 2.00 bits per heavy atom. The van der Waals surface area contributed by atoms with Crippen molar-refractivity contribution < 1.29 is 18.7 Å². The van der Waals surface area contributed by atoms with E-state index in [4.69, 9.17) is 9.15 Å². The lowest BCUT2D eigenvalue weighted by Gasteiger charge is -2.29. The Kier molecular flexibility index (Phi) is 9.00. The van der Waals surface area contributed by atoms with Crippen LogP contribution >= 0.6 is 11.8 Å². The van der Waals surface area contributed by atoms with E-state index >= 15 is 0 Å². The fourth-order valence-electron chi connectivity index (χ4n) is 3.59. The smallest absolute Gasteiger partial charge is 0.337 e. The van der Waals surface area contributed by atoms with Gasteiger partial charge in [-0.2, -0.15) is 5.26 Å². The predicted molar refractivity (Wildman–Crippen MR) is 132 cm³/mol. The molecule has 3 rings (SSSR count). The van der Waals surface area contributed by atoms with Crippen LogP contribution in [0.4, 0.5) is 0 Å². The molecule has 178 valence electrons. The Balaban J connectivity index is 2.00. The van der Waals surface area contributed by atoms with Gasteiger partial charge in [0.1, 0.15) is 5.76 Å². The monoisotopic (exact) mass is 479 g/mol. The van der Waals surface area contributed by atoms with E-state index < -0.39 is 11.9 Å². The van der Waals surface area contributed by atoms with Crippen molar-refractivity contribution >= 4 is 29.3 Å². The van der Waals surface area contributed by atoms with E-state index in [2.05, 4.69) is 30.6 Å². The molecule has 34 heavy (non-hydrogen) atoms. The molecule has 0 bridgehead atoms. The molecule has 1 atom stereocenters. The van der Waals surface area contributed by atoms with E-state index in [-0.39, 0.29) is 18.3 Å². The topological polar surface area (TPSA) is 104 Å². The van der Waals surface area contributed by atoms with Crippen LogP contribution in [0.15, 0.2) is 69.3 Å². The number of hydrogen-bond donors (Lipinski definition) is 2. The minimum atomic E-state index is -0.762. The third kappa shape index (κ3) is 6.12. The van der Waals surface area contributed by atoms with E-state index in [0.717, 1.165) is 12.0 Å². The molecule has 1 aliphatic heterocycles. The predicted octanol–water partition coefficient (Wildman–Crippen LogP) is 4.57. The van der Waals surface area contributed by atoms with Gasteiger partial charge in [0.25, 0.3) is 0 Å². The van der Waals surface area contributed by atoms with Crippen molar-refractivity contribution in [2.75, 3.05) is 18.9 Å². The molecule has 8 heteroatoms. The summed E-state index contributed by atoms with van der Waals surface area (Å²) in [6.07, 6.45) is 2.40. The summed E-state index contributed by atoms with van der Waals surface area (Å²) in [7, 11) is 0. The number of ether oxygens (including phenoxy) is 1. The maximum atomic E-state index is 13.1. The summed E-state index contributed by atoms with van der Waals surface area (Å²) in [5.41, 5.74) is 1.89. The lowest BCUT2D eigenvalue weighted by Crippen LogP contribution is -2.31. The summed E-state index contributed by atoms with van der Waals surface area (Å²) in [4.78, 5) is 25.5. The molecule has 1 aromatic heterocycles. The summed E-state index contributed by atoms with van der Waals surface area (Å²) in [5.74, 6) is -0.328. The van der Waals surface area contributed by atoms with Crippen LogP contribution in [0.3, 0.4) is 0 Å². The molecule has 1 amide bonds. The number of amides is 1. The second-order valence-corrected chi connectivity index (χ2v) is 9.11. The van der Waals surface area contributed by atoms with Gasteiger partial charge in [-0.05, 0) is 37.0 Å². The minimum absolute atomic E-state index is 0.117. The minimum Gasteiger partial charge on any atom is -0.468 e. The first kappa shape index (κ1) is 25.2. The third-order valence-corrected chi connectivity index (χ3v) is 6.24. The van der Waals surface area contributed by atoms with Crippen molar-refractivity contribution in [1.82, 2.24) is 10.6 Å². The highest BCUT2D eigenvalue weighted by molar-refractivity contribution is 8.03. The van der Waals surface area contributed by atoms with Crippen LogP contribution in [0.2, 0.25) is 0 Å². The van der Waals surface area contributed by atoms with Crippen molar-refractivity contribution in [2.24, 2.45) is 5.92 Å². The molecule has 0 spiro atoms. The summed E-state index contributed by atoms with van der Waals surface area (Å²) in [6, 6.07) is 15.1. The average molecular weight is 480 g/mol. The molecule has 2 N–H and O–H groups in total. The van der Waals surface area contributed by atoms with Crippen molar-refractivity contribution in [3.8, 4) is 6.07 Å². The van der Waals surface area contributed by atoms with Crippen LogP contribution in [0.1, 0.15) is 44.4 Å². The lowest BCUT2D eigenvalue weighted by molar-refractivity contribution is -0.138. The summed E-state index contributed by atoms with van der Waals surface area (Å²) in [5, 5.41) is 16.8. The number of carbonyl (C=O) groups excluding carboxylic acids is 2. The maximum absolute atomic E-state index is 13.1. The Morgan fingerprint density at radius 3 is 2.62 bits per heavy atom. The van der Waals surface area contributed by atoms with Gasteiger partial charge in [-0.25, -0.2) is 4.79 Å². The van der Waals surface area contributed by atoms with Crippen LogP contribution in [-0.2, 0) is 14.3 Å². The number of nitriles is 1. The van der Waals surface area contributed by atoms with Gasteiger partial charge in [0, 0.05) is 6.54 Å². The molecule has 0 saturated heterocycles. The van der Waals surface area contributed by atoms with Gasteiger partial charge in [-0.15, -0.1) is 0 Å². The molecule has 2 heterocycles. The highest BCUT2D eigenvalue weighted by Gasteiger charge is 2.38. The van der Waals surface area contributed by atoms with Crippen LogP contribution in [-0.4, -0.2) is 30.8 Å². The molecule has 0 radical (unpaired) electrons. The standard InChI is InChI=1S/C26H29N3O4S/c1-4-32-26(31)23-22(20-11-8-14-33-20)19(15-27)25(29-24(23)18-9-6-5-7-10-18)34-16-21(30)28-13-12-17(2)3/h5-11,14,17,22,29H,4,12-13,16H2,1-3H3,(H,28,30)/t22-/m0/s1. The van der Waals surface area contributed by atoms with Crippen LogP contribution in [0.5, 0.6) is 0 Å². The number of hydrogen-bond acceptors (Lipinski definition) is 7. The summed E-state index contributed by atoms with van der Waals surface area (Å²) < 4.78 is 11.0. The number of allylic oxidation sites excluding steroid dienone is 1. The Hall–Kier alpha value is -3.44. The summed E-state index contributed by atoms with van der Waals surface area (Å²) >= 11 is 1.23. The molecule has 2 aromatic rings. The second kappa shape index (κ2) is 12.1. The van der Waals surface area contributed by atoms with Gasteiger partial charge in [-0.1, -0.05) is 55.9 Å². The molecule has 0 unspecified atom stereocenters. The van der Waals surface area contributed by atoms with Crippen molar-refractivity contribution in [3.05, 3.63) is 76.2 Å². The number of furan rings is 1. The highest BCUT2D eigenvalue weighted by Crippen LogP contribution is 2.43. The average Bonchev–Trinajstić information content (AvgIpc) is 3.36. The maximum Gasteiger partial charge on any atom is 0.337 e. The first-order valence-corrected chi connectivity index (χ1v) is 12.3. The quantitative estimate of drug-likeness (QED) is 0.481. The fourth-order valence-corrected chi connectivity index (χ4v) is 4.46. The normalized spacial score (nSPS) is 15.7. The summed E-state index contributed by atoms with van der Waals surface area (Å²) in [6.45, 7) is 6.73. The number of esters is 1. The van der Waals surface area contributed by atoms with E-state index in [1.54, 1.807) is 19.1 Å². The molecule has 0 aliphatic carbocycles. The number of thioether (sulfide) groups is 1. The van der Waals surface area contributed by atoms with Crippen LogP contribution in [0, 0.1) is 17.2 Å². The molecule has 0 fully saturated rings. The zero-order valence-electron chi connectivity index (χ0n) is 19.6. The molecule has 1 aromatic carbocycles. The number of benzene rings is 1. The largest absolute Gasteiger partial charge is 0.468 e. The zero-order chi connectivity index (χ0) is 24.5. The van der Waals surface area contributed by atoms with Gasteiger partial charge in [0.2, 0.25) is 5.91 Å². The Bertz CT molecular complexity index is 1100. The SMILES string of the molecule is CCOC(=O)C1=C(c2ccccc2)NC(SCC(=O)NCCC(C)C)=C(C#N)[C@H]1c1ccco1. The van der Waals surface area contributed by atoms with Crippen molar-refractivity contribution in [1.29, 1.82) is 5.26 Å². The lowest BCUT2D eigenvalue weighted by atomic mass is 9.84. The molecular formula is C26H29N3O4S. The molecule has 1 aliphatic rings. The van der Waals surface area contributed by atoms with E-state index in [1.165, 1.54) is 18.0 Å². The van der Waals surface area contributed by atoms with E-state index in [1.807, 2.05) is 30.3 Å². The van der Waals surface area contributed by atoms with Crippen LogP contribution < -0.4 is 10.6 Å². The molecule has 0 saturated carbocycles. The first-order chi connectivity index (χ1) is 16.5. The number of carbonyl (C=O) groups is 2. The van der Waals surface area contributed by atoms with E-state index in [0.29, 0.717) is 40.1 Å². The number of nitrogens with one attached hydrogen (secondary N) is 2. The number of dihydropyridines is 1. The van der Waals surface area contributed by atoms with Crippen LogP contribution in [0.25, 0.3) is 5.70 Å². The van der Waals surface area contributed by atoms with Gasteiger partial charge in [0.15, 0.2) is 0 Å². The number of rotatable bonds is 10. The zero-order valence-corrected chi connectivity index (χ0v) is 20.4. The first-order valence-electron chi connectivity index (χ1n) is 11.3. The van der Waals surface area contributed by atoms with Gasteiger partial charge in [0.05, 0.1) is 52.5 Å². The third-order valence-electron chi connectivity index (χ3n) is 5.23. The van der Waals surface area contributed by atoms with Gasteiger partial charge < -0.3 is 19.8 Å². The number of nitrogens with zero attached hydrogens (tertiary/aromatic N) is 1. The van der Waals surface area contributed by atoms with E-state index in [9.17, 15) is 14.9 Å². The molecular weight excluding hydrogens is 450 g/mol. The Labute approximate surface area is 204 Å². The fraction of sp³-hybridized carbons (Fsp3) is 0.346. The van der Waals surface area contributed by atoms with Crippen molar-refractivity contribution in [3.63, 3.8) is 0 Å². The molecule has 7 nitrogen and oxygen atoms in total.